The second-order valence-corrected chi connectivity index (χ2v) is 7.53. The molecule has 1 heterocycles. The Labute approximate surface area is 174 Å². The van der Waals surface area contributed by atoms with Gasteiger partial charge >= 0.3 is 0 Å². The summed E-state index contributed by atoms with van der Waals surface area (Å²) in [5.41, 5.74) is 1.56. The molecule has 6 nitrogen and oxygen atoms in total. The van der Waals surface area contributed by atoms with Crippen molar-refractivity contribution < 1.29 is 14.3 Å². The van der Waals surface area contributed by atoms with E-state index in [2.05, 4.69) is 10.4 Å². The number of amides is 1. The number of nitrogens with one attached hydrogen (secondary N) is 1. The van der Waals surface area contributed by atoms with Gasteiger partial charge in [-0.05, 0) is 37.1 Å². The standard InChI is InChI=1S/C23H24FN3O3/c1-14(2)21(28)13-25-22(29)19-12-20(16-9-7-15(3)8-10-16)26-27(23(19)30)18-6-4-5-17(24)11-18/h4-12,14,21,28H,13H2,1-3H3,(H,25,29). The van der Waals surface area contributed by atoms with Crippen molar-refractivity contribution in [1.82, 2.24) is 15.1 Å². The van der Waals surface area contributed by atoms with Crippen LogP contribution in [0.15, 0.2) is 59.4 Å². The highest BCUT2D eigenvalue weighted by Crippen LogP contribution is 2.19. The molecule has 1 atom stereocenters. The number of hydrogen-bond acceptors (Lipinski definition) is 4. The van der Waals surface area contributed by atoms with Crippen molar-refractivity contribution in [1.29, 1.82) is 0 Å². The normalized spacial score (nSPS) is 12.1. The summed E-state index contributed by atoms with van der Waals surface area (Å²) in [4.78, 5) is 25.7. The zero-order chi connectivity index (χ0) is 21.8. The smallest absolute Gasteiger partial charge is 0.284 e. The van der Waals surface area contributed by atoms with Crippen LogP contribution in [0.25, 0.3) is 16.9 Å². The van der Waals surface area contributed by atoms with Gasteiger partial charge in [-0.15, -0.1) is 0 Å². The molecular formula is C23H24FN3O3. The molecule has 7 heteroatoms. The summed E-state index contributed by atoms with van der Waals surface area (Å²) in [6.07, 6.45) is -0.738. The molecule has 1 amide bonds. The highest BCUT2D eigenvalue weighted by atomic mass is 19.1. The van der Waals surface area contributed by atoms with E-state index in [0.717, 1.165) is 10.2 Å². The van der Waals surface area contributed by atoms with Crippen molar-refractivity contribution in [3.8, 4) is 16.9 Å². The average Bonchev–Trinajstić information content (AvgIpc) is 2.72. The van der Waals surface area contributed by atoms with Crippen LogP contribution in [-0.2, 0) is 0 Å². The molecule has 0 bridgehead atoms. The van der Waals surface area contributed by atoms with Crippen molar-refractivity contribution >= 4 is 5.91 Å². The summed E-state index contributed by atoms with van der Waals surface area (Å²) >= 11 is 0. The molecule has 0 fully saturated rings. The molecule has 0 aliphatic rings. The number of aromatic nitrogens is 2. The molecule has 3 aromatic rings. The summed E-state index contributed by atoms with van der Waals surface area (Å²) in [6, 6.07) is 14.3. The van der Waals surface area contributed by atoms with Crippen LogP contribution >= 0.6 is 0 Å². The molecule has 156 valence electrons. The second kappa shape index (κ2) is 9.00. The second-order valence-electron chi connectivity index (χ2n) is 7.53. The van der Waals surface area contributed by atoms with Crippen LogP contribution in [0.5, 0.6) is 0 Å². The fraction of sp³-hybridized carbons (Fsp3) is 0.261. The van der Waals surface area contributed by atoms with Gasteiger partial charge < -0.3 is 10.4 Å². The number of carbonyl (C=O) groups excluding carboxylic acids is 1. The van der Waals surface area contributed by atoms with Gasteiger partial charge in [0.25, 0.3) is 11.5 Å². The fourth-order valence-corrected chi connectivity index (χ4v) is 2.83. The van der Waals surface area contributed by atoms with Crippen molar-refractivity contribution in [2.24, 2.45) is 5.92 Å². The van der Waals surface area contributed by atoms with Crippen LogP contribution in [0.3, 0.4) is 0 Å². The Bertz CT molecular complexity index is 1110. The van der Waals surface area contributed by atoms with E-state index in [4.69, 9.17) is 0 Å². The zero-order valence-electron chi connectivity index (χ0n) is 17.1. The summed E-state index contributed by atoms with van der Waals surface area (Å²) in [7, 11) is 0. The fourth-order valence-electron chi connectivity index (χ4n) is 2.83. The number of aliphatic hydroxyl groups is 1. The minimum Gasteiger partial charge on any atom is -0.391 e. The van der Waals surface area contributed by atoms with Gasteiger partial charge in [-0.1, -0.05) is 49.7 Å². The Morgan fingerprint density at radius 1 is 1.17 bits per heavy atom. The predicted molar refractivity (Wildman–Crippen MR) is 113 cm³/mol. The monoisotopic (exact) mass is 409 g/mol. The van der Waals surface area contributed by atoms with Gasteiger partial charge in [0, 0.05) is 12.1 Å². The zero-order valence-corrected chi connectivity index (χ0v) is 17.1. The van der Waals surface area contributed by atoms with Crippen molar-refractivity contribution in [3.05, 3.63) is 81.9 Å². The van der Waals surface area contributed by atoms with Gasteiger partial charge in [-0.25, -0.2) is 4.39 Å². The highest BCUT2D eigenvalue weighted by molar-refractivity contribution is 5.94. The van der Waals surface area contributed by atoms with E-state index < -0.39 is 23.4 Å². The molecule has 0 aliphatic carbocycles. The maximum Gasteiger partial charge on any atom is 0.284 e. The first-order chi connectivity index (χ1) is 14.3. The summed E-state index contributed by atoms with van der Waals surface area (Å²) in [6.45, 7) is 5.62. The van der Waals surface area contributed by atoms with E-state index >= 15 is 0 Å². The van der Waals surface area contributed by atoms with Gasteiger partial charge in [0.2, 0.25) is 0 Å². The first-order valence-corrected chi connectivity index (χ1v) is 9.70. The van der Waals surface area contributed by atoms with E-state index in [1.165, 1.54) is 24.3 Å². The molecule has 0 saturated heterocycles. The molecule has 0 saturated carbocycles. The molecule has 0 spiro atoms. The topological polar surface area (TPSA) is 84.2 Å². The van der Waals surface area contributed by atoms with E-state index in [1.807, 2.05) is 45.0 Å². The number of benzene rings is 2. The number of carbonyl (C=O) groups is 1. The Morgan fingerprint density at radius 3 is 2.50 bits per heavy atom. The van der Waals surface area contributed by atoms with E-state index in [-0.39, 0.29) is 23.7 Å². The van der Waals surface area contributed by atoms with Crippen LogP contribution < -0.4 is 10.9 Å². The van der Waals surface area contributed by atoms with Crippen molar-refractivity contribution in [2.75, 3.05) is 6.54 Å². The predicted octanol–water partition coefficient (Wildman–Crippen LogP) is 3.09. The summed E-state index contributed by atoms with van der Waals surface area (Å²) in [5, 5.41) is 16.9. The van der Waals surface area contributed by atoms with Gasteiger partial charge in [0.05, 0.1) is 17.5 Å². The van der Waals surface area contributed by atoms with Gasteiger partial charge in [-0.2, -0.15) is 9.78 Å². The highest BCUT2D eigenvalue weighted by Gasteiger charge is 2.19. The van der Waals surface area contributed by atoms with Crippen LogP contribution in [0.4, 0.5) is 4.39 Å². The van der Waals surface area contributed by atoms with Gasteiger partial charge in [0.15, 0.2) is 0 Å². The molecule has 2 N–H and O–H groups in total. The first kappa shape index (κ1) is 21.4. The van der Waals surface area contributed by atoms with Crippen molar-refractivity contribution in [3.63, 3.8) is 0 Å². The lowest BCUT2D eigenvalue weighted by molar-refractivity contribution is 0.0869. The third-order valence-corrected chi connectivity index (χ3v) is 4.80. The largest absolute Gasteiger partial charge is 0.391 e. The molecule has 1 aromatic heterocycles. The van der Waals surface area contributed by atoms with E-state index in [1.54, 1.807) is 6.07 Å². The average molecular weight is 409 g/mol. The van der Waals surface area contributed by atoms with E-state index in [9.17, 15) is 19.1 Å². The molecule has 2 aromatic carbocycles. The van der Waals surface area contributed by atoms with E-state index in [0.29, 0.717) is 11.3 Å². The van der Waals surface area contributed by atoms with Crippen LogP contribution in [-0.4, -0.2) is 33.4 Å². The number of aryl methyl sites for hydroxylation is 1. The third kappa shape index (κ3) is 4.80. The molecule has 1 unspecified atom stereocenters. The number of hydrogen-bond donors (Lipinski definition) is 2. The van der Waals surface area contributed by atoms with Crippen LogP contribution in [0.1, 0.15) is 29.8 Å². The Kier molecular flexibility index (Phi) is 6.42. The lowest BCUT2D eigenvalue weighted by Gasteiger charge is -2.16. The maximum atomic E-state index is 13.7. The van der Waals surface area contributed by atoms with Crippen molar-refractivity contribution in [2.45, 2.75) is 26.9 Å². The number of nitrogens with zero attached hydrogens (tertiary/aromatic N) is 2. The molecule has 3 rings (SSSR count). The summed E-state index contributed by atoms with van der Waals surface area (Å²) in [5.74, 6) is -1.19. The number of aliphatic hydroxyl groups excluding tert-OH is 1. The quantitative estimate of drug-likeness (QED) is 0.655. The van der Waals surface area contributed by atoms with Crippen LogP contribution in [0.2, 0.25) is 0 Å². The number of rotatable bonds is 6. The van der Waals surface area contributed by atoms with Gasteiger partial charge in [0.1, 0.15) is 11.4 Å². The molecule has 30 heavy (non-hydrogen) atoms. The molecule has 0 radical (unpaired) electrons. The summed E-state index contributed by atoms with van der Waals surface area (Å²) < 4.78 is 14.8. The van der Waals surface area contributed by atoms with Gasteiger partial charge in [-0.3, -0.25) is 9.59 Å². The lowest BCUT2D eigenvalue weighted by Crippen LogP contribution is -2.38. The third-order valence-electron chi connectivity index (χ3n) is 4.80. The number of halogens is 1. The molecular weight excluding hydrogens is 385 g/mol. The molecule has 0 aliphatic heterocycles. The lowest BCUT2D eigenvalue weighted by atomic mass is 10.1. The SMILES string of the molecule is Cc1ccc(-c2cc(C(=O)NCC(O)C(C)C)c(=O)n(-c3cccc(F)c3)n2)cc1. The Balaban J connectivity index is 2.10. The Hall–Kier alpha value is -3.32. The Morgan fingerprint density at radius 2 is 1.87 bits per heavy atom. The first-order valence-electron chi connectivity index (χ1n) is 9.70. The van der Waals surface area contributed by atoms with Crippen LogP contribution in [0, 0.1) is 18.7 Å². The minimum atomic E-state index is -0.738. The maximum absolute atomic E-state index is 13.7. The minimum absolute atomic E-state index is 0.0120.